The van der Waals surface area contributed by atoms with Gasteiger partial charge < -0.3 is 64.5 Å². The van der Waals surface area contributed by atoms with Crippen LogP contribution in [0.3, 0.4) is 0 Å². The van der Waals surface area contributed by atoms with Crippen molar-refractivity contribution < 1.29 is 62.4 Å². The van der Waals surface area contributed by atoms with E-state index in [9.17, 15) is 38.7 Å². The lowest BCUT2D eigenvalue weighted by Crippen LogP contribution is -2.57. The van der Waals surface area contributed by atoms with E-state index in [-0.39, 0.29) is 101 Å². The van der Waals surface area contributed by atoms with E-state index < -0.39 is 65.0 Å². The van der Waals surface area contributed by atoms with Gasteiger partial charge in [-0.1, -0.05) is 57.2 Å². The zero-order valence-electron chi connectivity index (χ0n) is 59.1. The molecule has 2 aliphatic heterocycles. The quantitative estimate of drug-likeness (QED) is 0.0189. The van der Waals surface area contributed by atoms with Crippen LogP contribution in [0.1, 0.15) is 118 Å². The summed E-state index contributed by atoms with van der Waals surface area (Å²) in [6.45, 7) is 20.6. The van der Waals surface area contributed by atoms with Crippen LogP contribution in [0, 0.1) is 26.2 Å². The van der Waals surface area contributed by atoms with Crippen LogP contribution in [-0.4, -0.2) is 204 Å². The molecule has 0 spiro atoms. The number of hydrogen-bond donors (Lipinski definition) is 7. The number of anilines is 2. The zero-order chi connectivity index (χ0) is 72.8. The molecule has 0 aliphatic carbocycles. The fourth-order valence-electron chi connectivity index (χ4n) is 12.3. The number of carbonyl (C=O) groups excluding carboxylic acids is 7. The molecule has 0 bridgehead atoms. The number of nitrogens with one attached hydrogen (secondary N) is 5. The highest BCUT2D eigenvalue weighted by Gasteiger charge is 2.44. The molecular formula is C71H91N17O13S. The second-order valence-electron chi connectivity index (χ2n) is 26.0. The second-order valence-corrected chi connectivity index (χ2v) is 26.9. The maximum Gasteiger partial charge on any atom is 0.276 e. The van der Waals surface area contributed by atoms with Gasteiger partial charge in [-0.25, -0.2) is 15.0 Å². The first-order valence-corrected chi connectivity index (χ1v) is 35.1. The van der Waals surface area contributed by atoms with Gasteiger partial charge in [0.2, 0.25) is 35.5 Å². The van der Waals surface area contributed by atoms with Crippen molar-refractivity contribution in [2.24, 2.45) is 11.1 Å². The molecule has 5 aromatic heterocycles. The van der Waals surface area contributed by atoms with Gasteiger partial charge in [-0.3, -0.25) is 58.5 Å². The molecule has 31 heteroatoms. The minimum absolute atomic E-state index is 0.0213. The van der Waals surface area contributed by atoms with Crippen LogP contribution >= 0.6 is 11.3 Å². The number of aryl methyl sites for hydroxylation is 5. The van der Waals surface area contributed by atoms with E-state index in [0.717, 1.165) is 41.3 Å². The number of carbonyl (C=O) groups is 7. The van der Waals surface area contributed by atoms with Gasteiger partial charge in [-0.15, -0.1) is 11.3 Å². The molecule has 2 aliphatic rings. The summed E-state index contributed by atoms with van der Waals surface area (Å²) < 4.78 is 36.1. The number of nitrogens with zero attached hydrogens (tertiary/aromatic N) is 11. The Morgan fingerprint density at radius 2 is 1.35 bits per heavy atom. The fourth-order valence-corrected chi connectivity index (χ4v) is 13.1. The molecule has 0 saturated carbocycles. The number of nitrogens with two attached hydrogens (primary N) is 1. The highest BCUT2D eigenvalue weighted by Crippen LogP contribution is 2.35. The van der Waals surface area contributed by atoms with Crippen LogP contribution in [0.2, 0.25) is 0 Å². The average Bonchev–Trinajstić information content (AvgIpc) is 1.62. The lowest BCUT2D eigenvalue weighted by atomic mass is 9.85. The Labute approximate surface area is 594 Å². The van der Waals surface area contributed by atoms with Crippen LogP contribution in [0.15, 0.2) is 78.3 Å². The number of methoxy groups -OCH3 is 1. The molecule has 10 rings (SSSR count). The molecule has 30 nitrogen and oxygen atoms in total. The third-order valence-electron chi connectivity index (χ3n) is 17.5. The lowest BCUT2D eigenvalue weighted by molar-refractivity contribution is -0.144. The summed E-state index contributed by atoms with van der Waals surface area (Å²) in [5.41, 5.74) is 13.7. The number of rotatable bonds is 33. The SMILES string of the molecule is CCn1nc(C)cc1C(=O)Nc1nc2cc(C(=O)NCCOCCOCCC(=O)N[C@@H](C(=O)N3C[C@H](O)C[C@H]3C(=O)NCc3ccc(-c4scnc4C)cc3)C(C)(C)C)cc(OC)c2n1C/C=C/Cn1c(NC(=O)c2cc(C)nn2CC)nc2cc(C(N)=O)cc(OCCCN3CCOCC3)c21. The second kappa shape index (κ2) is 34.2. The number of benzene rings is 3. The van der Waals surface area contributed by atoms with Crippen LogP contribution < -0.4 is 41.8 Å². The van der Waals surface area contributed by atoms with E-state index in [2.05, 4.69) is 46.7 Å². The summed E-state index contributed by atoms with van der Waals surface area (Å²) in [5, 5.41) is 34.2. The van der Waals surface area contributed by atoms with E-state index in [4.69, 9.17) is 39.4 Å². The number of aromatic nitrogens is 9. The van der Waals surface area contributed by atoms with Crippen molar-refractivity contribution in [1.29, 1.82) is 0 Å². The molecule has 102 heavy (non-hydrogen) atoms. The Kier molecular flexibility index (Phi) is 25.0. The molecule has 2 saturated heterocycles. The van der Waals surface area contributed by atoms with E-state index in [1.54, 1.807) is 85.6 Å². The first kappa shape index (κ1) is 74.8. The third-order valence-corrected chi connectivity index (χ3v) is 18.5. The van der Waals surface area contributed by atoms with Gasteiger partial charge in [-0.2, -0.15) is 10.2 Å². The Hall–Kier alpha value is -9.92. The number of ether oxygens (including phenoxy) is 5. The first-order valence-electron chi connectivity index (χ1n) is 34.2. The van der Waals surface area contributed by atoms with Gasteiger partial charge in [0.1, 0.15) is 46.0 Å². The standard InChI is InChI=1S/C71H91N17O13S/c1-10-87-54(33-43(3)81-87)66(94)79-69-77-52-36-49(64(92)73-20-28-99-32-31-98-27-19-58(90)78-62(71(6,7)8)68(96)86-41-50(89)39-53(86)65(93)74-40-46-15-17-47(18-16-46)61-45(5)75-42-102-61)38-56(97-9)59(52)84(69)22-12-13-23-85-60-51(76-70(85)80-67(95)55-34-44(4)82-88(55)11-2)35-48(63(72)91)37-57(60)101-26-14-21-83-24-29-100-30-25-83/h12-13,15-18,33-38,42,50,53,62,89H,10-11,14,19-32,39-41H2,1-9H3,(H2,72,91)(H,73,92)(H,74,93)(H,78,90)(H,76,80,95)(H,77,79,94)/b13-12+/t50-,53+,62+/m1/s1. The van der Waals surface area contributed by atoms with Crippen molar-refractivity contribution in [1.82, 2.24) is 69.4 Å². The monoisotopic (exact) mass is 1420 g/mol. The number of thiazole rings is 1. The molecule has 2 fully saturated rings. The van der Waals surface area contributed by atoms with Crippen molar-refractivity contribution in [2.45, 2.75) is 126 Å². The van der Waals surface area contributed by atoms with Crippen molar-refractivity contribution in [2.75, 3.05) is 96.7 Å². The van der Waals surface area contributed by atoms with Gasteiger partial charge in [0.15, 0.2) is 0 Å². The number of morpholine rings is 1. The first-order chi connectivity index (χ1) is 49.0. The van der Waals surface area contributed by atoms with Crippen molar-refractivity contribution >= 4 is 86.7 Å². The Bertz CT molecular complexity index is 4350. The number of aliphatic hydroxyl groups is 1. The molecular weight excluding hydrogens is 1330 g/mol. The summed E-state index contributed by atoms with van der Waals surface area (Å²) in [4.78, 5) is 115. The van der Waals surface area contributed by atoms with Crippen molar-refractivity contribution in [3.8, 4) is 21.9 Å². The summed E-state index contributed by atoms with van der Waals surface area (Å²) in [7, 11) is 1.46. The molecule has 8 N–H and O–H groups in total. The number of imidazole rings is 2. The number of β-amino-alcohol motifs (C(OH)–C–C–N with tert-alkyl or cyclic N) is 1. The number of fused-ring (bicyclic) bond motifs is 2. The van der Waals surface area contributed by atoms with Gasteiger partial charge in [0, 0.05) is 89.4 Å². The fraction of sp³-hybridized carbons (Fsp3) is 0.465. The van der Waals surface area contributed by atoms with Crippen LogP contribution in [-0.2, 0) is 61.3 Å². The van der Waals surface area contributed by atoms with Crippen molar-refractivity contribution in [3.63, 3.8) is 0 Å². The maximum atomic E-state index is 14.2. The predicted octanol–water partition coefficient (Wildman–Crippen LogP) is 5.80. The summed E-state index contributed by atoms with van der Waals surface area (Å²) >= 11 is 1.56. The van der Waals surface area contributed by atoms with E-state index in [1.165, 1.54) is 12.0 Å². The minimum atomic E-state index is -1.01. The lowest BCUT2D eigenvalue weighted by Gasteiger charge is -2.35. The predicted molar refractivity (Wildman–Crippen MR) is 382 cm³/mol. The number of aliphatic hydroxyl groups excluding tert-OH is 1. The van der Waals surface area contributed by atoms with Gasteiger partial charge in [0.25, 0.3) is 17.7 Å². The van der Waals surface area contributed by atoms with Crippen LogP contribution in [0.25, 0.3) is 32.5 Å². The normalized spacial score (nSPS) is 15.3. The van der Waals surface area contributed by atoms with Gasteiger partial charge >= 0.3 is 0 Å². The largest absolute Gasteiger partial charge is 0.494 e. The molecule has 7 amide bonds. The third kappa shape index (κ3) is 18.4. The molecule has 3 atom stereocenters. The summed E-state index contributed by atoms with van der Waals surface area (Å²) in [6, 6.07) is 15.5. The minimum Gasteiger partial charge on any atom is -0.494 e. The summed E-state index contributed by atoms with van der Waals surface area (Å²) in [6.07, 6.45) is 3.44. The van der Waals surface area contributed by atoms with E-state index in [0.29, 0.717) is 89.9 Å². The summed E-state index contributed by atoms with van der Waals surface area (Å²) in [5.74, 6) is -2.46. The number of amides is 7. The molecule has 0 unspecified atom stereocenters. The Balaban J connectivity index is 0.761. The molecule has 8 aromatic rings. The number of allylic oxidation sites excluding steroid dienone is 2. The van der Waals surface area contributed by atoms with Gasteiger partial charge in [-0.05, 0) is 94.0 Å². The average molecular weight is 1420 g/mol. The maximum absolute atomic E-state index is 14.2. The van der Waals surface area contributed by atoms with Crippen molar-refractivity contribution in [3.05, 3.63) is 123 Å². The number of likely N-dealkylation sites (tertiary alicyclic amines) is 1. The number of primary amides is 1. The highest BCUT2D eigenvalue weighted by molar-refractivity contribution is 7.13. The molecule has 544 valence electrons. The van der Waals surface area contributed by atoms with E-state index in [1.807, 2.05) is 78.0 Å². The van der Waals surface area contributed by atoms with Gasteiger partial charge in [0.05, 0.1) is 98.0 Å². The topological polar surface area (TPSA) is 363 Å². The van der Waals surface area contributed by atoms with Crippen LogP contribution in [0.5, 0.6) is 11.5 Å². The zero-order valence-corrected chi connectivity index (χ0v) is 59.9. The Morgan fingerprint density at radius 3 is 1.93 bits per heavy atom. The smallest absolute Gasteiger partial charge is 0.276 e. The van der Waals surface area contributed by atoms with Crippen LogP contribution in [0.4, 0.5) is 11.9 Å². The molecule has 3 aromatic carbocycles. The Morgan fingerprint density at radius 1 is 0.755 bits per heavy atom. The number of hydrogen-bond acceptors (Lipinski definition) is 20. The molecule has 0 radical (unpaired) electrons. The highest BCUT2D eigenvalue weighted by atomic mass is 32.1. The van der Waals surface area contributed by atoms with E-state index >= 15 is 0 Å². The molecule has 7 heterocycles.